The molecule has 2 aliphatic rings. The lowest BCUT2D eigenvalue weighted by molar-refractivity contribution is 0.122. The maximum atomic E-state index is 6.53. The van der Waals surface area contributed by atoms with E-state index >= 15 is 0 Å². The molecule has 3 aromatic heterocycles. The van der Waals surface area contributed by atoms with Gasteiger partial charge in [-0.25, -0.2) is 15.0 Å². The van der Waals surface area contributed by atoms with E-state index in [0.29, 0.717) is 24.3 Å². The molecule has 38 heavy (non-hydrogen) atoms. The number of aryl methyl sites for hydroxylation is 1. The van der Waals surface area contributed by atoms with Gasteiger partial charge in [-0.2, -0.15) is 4.98 Å². The molecule has 4 heterocycles. The first kappa shape index (κ1) is 24.4. The number of nitrogens with zero attached hydrogens (tertiary/aromatic N) is 6. The third-order valence-corrected chi connectivity index (χ3v) is 7.23. The van der Waals surface area contributed by atoms with Crippen LogP contribution in [0, 0.1) is 0 Å². The number of hydrogen-bond donors (Lipinski definition) is 1. The fourth-order valence-corrected chi connectivity index (χ4v) is 5.01. The molecule has 1 N–H and O–H groups in total. The van der Waals surface area contributed by atoms with Crippen LogP contribution in [0.4, 0.5) is 11.8 Å². The number of imidazole rings is 1. The second-order valence-corrected chi connectivity index (χ2v) is 9.83. The molecule has 0 amide bonds. The molecule has 0 spiro atoms. The van der Waals surface area contributed by atoms with Gasteiger partial charge in [0.2, 0.25) is 11.8 Å². The van der Waals surface area contributed by atoms with E-state index in [9.17, 15) is 0 Å². The molecule has 10 heteroatoms. The van der Waals surface area contributed by atoms with Crippen LogP contribution >= 0.6 is 0 Å². The summed E-state index contributed by atoms with van der Waals surface area (Å²) >= 11 is 0. The van der Waals surface area contributed by atoms with Gasteiger partial charge in [0.1, 0.15) is 24.4 Å². The van der Waals surface area contributed by atoms with Crippen molar-refractivity contribution in [3.8, 4) is 11.6 Å². The SMILES string of the molecule is Cn1ccnc1COc1cnc(N[C@H]2CC[C@@H](Oc3nc(N4CCOCC4)cc4ccccc34)CC2)nc1. The number of nitrogens with one attached hydrogen (secondary N) is 1. The number of hydrogen-bond acceptors (Lipinski definition) is 9. The summed E-state index contributed by atoms with van der Waals surface area (Å²) in [6.45, 7) is 3.53. The van der Waals surface area contributed by atoms with Gasteiger partial charge < -0.3 is 29.0 Å². The van der Waals surface area contributed by atoms with Crippen LogP contribution in [0.1, 0.15) is 31.5 Å². The van der Waals surface area contributed by atoms with Crippen molar-refractivity contribution >= 4 is 22.5 Å². The van der Waals surface area contributed by atoms with Gasteiger partial charge in [0, 0.05) is 44.0 Å². The first-order valence-corrected chi connectivity index (χ1v) is 13.3. The van der Waals surface area contributed by atoms with E-state index in [1.54, 1.807) is 18.6 Å². The molecule has 4 aromatic rings. The lowest BCUT2D eigenvalue weighted by atomic mass is 9.93. The zero-order valence-electron chi connectivity index (χ0n) is 21.6. The highest BCUT2D eigenvalue weighted by Gasteiger charge is 2.25. The summed E-state index contributed by atoms with van der Waals surface area (Å²) in [5.41, 5.74) is 0. The van der Waals surface area contributed by atoms with Gasteiger partial charge in [-0.05, 0) is 43.2 Å². The standard InChI is InChI=1S/C28H33N7O3/c1-34-11-10-29-26(34)19-37-23-17-30-28(31-18-23)32-21-6-8-22(9-7-21)38-27-24-5-3-2-4-20(24)16-25(33-27)35-12-14-36-15-13-35/h2-5,10-11,16-18,21-22H,6-9,12-15,19H2,1H3,(H,30,31,32)/t21-,22+. The minimum Gasteiger partial charge on any atom is -0.482 e. The molecular weight excluding hydrogens is 482 g/mol. The number of fused-ring (bicyclic) bond motifs is 1. The maximum Gasteiger partial charge on any atom is 0.223 e. The molecule has 0 radical (unpaired) electrons. The Hall–Kier alpha value is -3.92. The van der Waals surface area contributed by atoms with E-state index in [2.05, 4.69) is 49.4 Å². The van der Waals surface area contributed by atoms with Crippen molar-refractivity contribution in [1.29, 1.82) is 0 Å². The molecule has 1 saturated heterocycles. The zero-order valence-corrected chi connectivity index (χ0v) is 21.6. The average Bonchev–Trinajstić information content (AvgIpc) is 3.38. The van der Waals surface area contributed by atoms with Crippen molar-refractivity contribution < 1.29 is 14.2 Å². The van der Waals surface area contributed by atoms with Gasteiger partial charge in [-0.15, -0.1) is 0 Å². The number of pyridine rings is 1. The molecule has 1 aromatic carbocycles. The summed E-state index contributed by atoms with van der Waals surface area (Å²) in [6.07, 6.45) is 11.0. The van der Waals surface area contributed by atoms with E-state index < -0.39 is 0 Å². The Morgan fingerprint density at radius 2 is 1.82 bits per heavy atom. The predicted octanol–water partition coefficient (Wildman–Crippen LogP) is 3.98. The zero-order chi connectivity index (χ0) is 25.7. The maximum absolute atomic E-state index is 6.53. The molecule has 0 atom stereocenters. The molecule has 0 unspecified atom stereocenters. The van der Waals surface area contributed by atoms with Crippen LogP contribution in [-0.2, 0) is 18.4 Å². The first-order chi connectivity index (χ1) is 18.7. The average molecular weight is 516 g/mol. The quantitative estimate of drug-likeness (QED) is 0.374. The summed E-state index contributed by atoms with van der Waals surface area (Å²) < 4.78 is 19.7. The molecule has 1 saturated carbocycles. The van der Waals surface area contributed by atoms with Gasteiger partial charge in [0.05, 0.1) is 25.6 Å². The van der Waals surface area contributed by atoms with Crippen molar-refractivity contribution in [1.82, 2.24) is 24.5 Å². The molecule has 10 nitrogen and oxygen atoms in total. The van der Waals surface area contributed by atoms with Crippen molar-refractivity contribution in [3.63, 3.8) is 0 Å². The normalized spacial score (nSPS) is 19.9. The van der Waals surface area contributed by atoms with E-state index in [1.807, 2.05) is 23.9 Å². The van der Waals surface area contributed by atoms with Gasteiger partial charge >= 0.3 is 0 Å². The highest BCUT2D eigenvalue weighted by molar-refractivity contribution is 5.89. The fourth-order valence-electron chi connectivity index (χ4n) is 5.01. The predicted molar refractivity (Wildman–Crippen MR) is 145 cm³/mol. The van der Waals surface area contributed by atoms with Crippen molar-refractivity contribution in [2.45, 2.75) is 44.4 Å². The van der Waals surface area contributed by atoms with Crippen LogP contribution in [0.25, 0.3) is 10.8 Å². The number of ether oxygens (including phenoxy) is 3. The van der Waals surface area contributed by atoms with Crippen molar-refractivity contribution in [2.75, 3.05) is 36.5 Å². The molecular formula is C28H33N7O3. The summed E-state index contributed by atoms with van der Waals surface area (Å²) in [4.78, 5) is 20.4. The van der Waals surface area contributed by atoms with Gasteiger partial charge in [-0.3, -0.25) is 0 Å². The van der Waals surface area contributed by atoms with Gasteiger partial charge in [0.25, 0.3) is 0 Å². The molecule has 198 valence electrons. The molecule has 6 rings (SSSR count). The second-order valence-electron chi connectivity index (χ2n) is 9.83. The van der Waals surface area contributed by atoms with E-state index in [1.165, 1.54) is 0 Å². The van der Waals surface area contributed by atoms with Crippen molar-refractivity contribution in [3.05, 3.63) is 60.9 Å². The number of aromatic nitrogens is 5. The molecule has 1 aliphatic heterocycles. The Morgan fingerprint density at radius 1 is 1.03 bits per heavy atom. The van der Waals surface area contributed by atoms with Crippen LogP contribution < -0.4 is 19.7 Å². The third-order valence-electron chi connectivity index (χ3n) is 7.23. The molecule has 1 aliphatic carbocycles. The fraction of sp³-hybridized carbons (Fsp3) is 0.429. The first-order valence-electron chi connectivity index (χ1n) is 13.3. The van der Waals surface area contributed by atoms with E-state index in [4.69, 9.17) is 19.2 Å². The summed E-state index contributed by atoms with van der Waals surface area (Å²) in [7, 11) is 1.94. The monoisotopic (exact) mass is 515 g/mol. The van der Waals surface area contributed by atoms with E-state index in [0.717, 1.165) is 80.3 Å². The topological polar surface area (TPSA) is 99.5 Å². The van der Waals surface area contributed by atoms with Crippen molar-refractivity contribution in [2.24, 2.45) is 7.05 Å². The Labute approximate surface area is 222 Å². The Bertz CT molecular complexity index is 1350. The van der Waals surface area contributed by atoms with Crippen LogP contribution in [-0.4, -0.2) is 63.0 Å². The lowest BCUT2D eigenvalue weighted by Gasteiger charge is -2.31. The third kappa shape index (κ3) is 5.65. The number of anilines is 2. The number of morpholine rings is 1. The Kier molecular flexibility index (Phi) is 7.21. The number of rotatable bonds is 8. The lowest BCUT2D eigenvalue weighted by Crippen LogP contribution is -2.37. The minimum absolute atomic E-state index is 0.131. The molecule has 2 fully saturated rings. The largest absolute Gasteiger partial charge is 0.482 e. The van der Waals surface area contributed by atoms with Crippen LogP contribution in [0.5, 0.6) is 11.6 Å². The second kappa shape index (κ2) is 11.2. The summed E-state index contributed by atoms with van der Waals surface area (Å²) in [5, 5.41) is 5.68. The number of benzene rings is 1. The van der Waals surface area contributed by atoms with E-state index in [-0.39, 0.29) is 6.10 Å². The summed E-state index contributed by atoms with van der Waals surface area (Å²) in [6, 6.07) is 10.8. The Morgan fingerprint density at radius 3 is 2.58 bits per heavy atom. The smallest absolute Gasteiger partial charge is 0.223 e. The molecule has 0 bridgehead atoms. The minimum atomic E-state index is 0.131. The Balaban J connectivity index is 1.04. The highest BCUT2D eigenvalue weighted by atomic mass is 16.5. The van der Waals surface area contributed by atoms with Crippen LogP contribution in [0.3, 0.4) is 0 Å². The van der Waals surface area contributed by atoms with Crippen LogP contribution in [0.2, 0.25) is 0 Å². The summed E-state index contributed by atoms with van der Waals surface area (Å²) in [5.74, 6) is 3.77. The van der Waals surface area contributed by atoms with Gasteiger partial charge in [0.15, 0.2) is 5.75 Å². The highest BCUT2D eigenvalue weighted by Crippen LogP contribution is 2.32. The van der Waals surface area contributed by atoms with Gasteiger partial charge in [-0.1, -0.05) is 18.2 Å². The van der Waals surface area contributed by atoms with Crippen LogP contribution in [0.15, 0.2) is 55.1 Å².